The minimum Gasteiger partial charge on any atom is -0.395 e. The molecule has 0 saturated heterocycles. The van der Waals surface area contributed by atoms with Crippen LogP contribution in [0.3, 0.4) is 0 Å². The molecule has 20 heavy (non-hydrogen) atoms. The predicted octanol–water partition coefficient (Wildman–Crippen LogP) is 0.0237. The summed E-state index contributed by atoms with van der Waals surface area (Å²) in [5, 5.41) is 16.9. The lowest BCUT2D eigenvalue weighted by Crippen LogP contribution is -2.51. The van der Waals surface area contributed by atoms with Crippen molar-refractivity contribution in [2.75, 3.05) is 13.7 Å². The molecule has 0 aliphatic rings. The van der Waals surface area contributed by atoms with Crippen LogP contribution in [0.5, 0.6) is 0 Å². The Morgan fingerprint density at radius 2 is 1.90 bits per heavy atom. The second-order valence-electron chi connectivity index (χ2n) is 4.53. The van der Waals surface area contributed by atoms with Gasteiger partial charge in [0.15, 0.2) is 0 Å². The number of carbonyl (C=O) groups is 2. The molecule has 0 heterocycles. The minimum absolute atomic E-state index is 0.0908. The molecule has 0 fully saturated rings. The summed E-state index contributed by atoms with van der Waals surface area (Å²) in [6, 6.07) is 8.31. The van der Waals surface area contributed by atoms with Gasteiger partial charge in [0, 0.05) is 13.1 Å². The Hall–Kier alpha value is -1.92. The Kier molecular flexibility index (Phi) is 6.69. The number of carbonyl (C=O) groups excluding carboxylic acids is 2. The molecule has 0 aliphatic heterocycles. The van der Waals surface area contributed by atoms with E-state index in [9.17, 15) is 14.7 Å². The summed E-state index contributed by atoms with van der Waals surface area (Å²) in [5.74, 6) is -0.434. The highest BCUT2D eigenvalue weighted by Crippen LogP contribution is 2.03. The lowest BCUT2D eigenvalue weighted by Gasteiger charge is -2.21. The second-order valence-corrected chi connectivity index (χ2v) is 4.53. The molecule has 0 spiro atoms. The van der Waals surface area contributed by atoms with Crippen molar-refractivity contribution in [2.24, 2.45) is 0 Å². The highest BCUT2D eigenvalue weighted by molar-refractivity contribution is 5.96. The number of aliphatic hydroxyl groups excluding tert-OH is 1. The van der Waals surface area contributed by atoms with Gasteiger partial charge in [0.2, 0.25) is 5.91 Å². The molecule has 6 heteroatoms. The van der Waals surface area contributed by atoms with Crippen molar-refractivity contribution in [3.63, 3.8) is 0 Å². The smallest absolute Gasteiger partial charge is 0.321 e. The summed E-state index contributed by atoms with van der Waals surface area (Å²) in [6.07, 6.45) is 0.606. The molecule has 1 rings (SSSR count). The first kappa shape index (κ1) is 16.1. The molecule has 0 bridgehead atoms. The van der Waals surface area contributed by atoms with Gasteiger partial charge >= 0.3 is 6.03 Å². The molecule has 2 atom stereocenters. The van der Waals surface area contributed by atoms with Gasteiger partial charge in [0.05, 0.1) is 12.6 Å². The van der Waals surface area contributed by atoms with Gasteiger partial charge < -0.3 is 15.7 Å². The van der Waals surface area contributed by atoms with Gasteiger partial charge in [-0.1, -0.05) is 30.3 Å². The van der Waals surface area contributed by atoms with Gasteiger partial charge in [-0.2, -0.15) is 0 Å². The van der Waals surface area contributed by atoms with E-state index < -0.39 is 18.0 Å². The van der Waals surface area contributed by atoms with E-state index in [0.717, 1.165) is 5.56 Å². The van der Waals surface area contributed by atoms with Crippen molar-refractivity contribution in [3.8, 4) is 0 Å². The first-order valence-corrected chi connectivity index (χ1v) is 6.50. The highest BCUT2D eigenvalue weighted by Gasteiger charge is 2.19. The van der Waals surface area contributed by atoms with Crippen molar-refractivity contribution >= 4 is 11.9 Å². The summed E-state index contributed by atoms with van der Waals surface area (Å²) in [7, 11) is 1.44. The maximum absolute atomic E-state index is 11.7. The monoisotopic (exact) mass is 279 g/mol. The summed E-state index contributed by atoms with van der Waals surface area (Å²) in [4.78, 5) is 22.8. The van der Waals surface area contributed by atoms with E-state index in [-0.39, 0.29) is 12.6 Å². The molecule has 0 aromatic heterocycles. The van der Waals surface area contributed by atoms with E-state index in [1.807, 2.05) is 30.3 Å². The number of rotatable bonds is 6. The van der Waals surface area contributed by atoms with Gasteiger partial charge in [0.1, 0.15) is 0 Å². The Balaban J connectivity index is 2.51. The number of hydrogen-bond donors (Lipinski definition) is 4. The fraction of sp³-hybridized carbons (Fsp3) is 0.429. The lowest BCUT2D eigenvalue weighted by molar-refractivity contribution is -0.121. The summed E-state index contributed by atoms with van der Waals surface area (Å²) < 4.78 is 0. The van der Waals surface area contributed by atoms with Crippen molar-refractivity contribution < 1.29 is 14.7 Å². The molecule has 110 valence electrons. The predicted molar refractivity (Wildman–Crippen MR) is 76.2 cm³/mol. The Morgan fingerprint density at radius 1 is 1.25 bits per heavy atom. The number of urea groups is 1. The fourth-order valence-corrected chi connectivity index (χ4v) is 1.79. The maximum Gasteiger partial charge on any atom is 0.321 e. The molecule has 0 aliphatic carbocycles. The molecule has 3 amide bonds. The second kappa shape index (κ2) is 8.29. The first-order chi connectivity index (χ1) is 9.56. The number of nitrogens with one attached hydrogen (secondary N) is 3. The number of benzene rings is 1. The first-order valence-electron chi connectivity index (χ1n) is 6.50. The molecule has 1 aromatic rings. The summed E-state index contributed by atoms with van der Waals surface area (Å²) >= 11 is 0. The van der Waals surface area contributed by atoms with Crippen LogP contribution in [0.4, 0.5) is 4.79 Å². The van der Waals surface area contributed by atoms with E-state index in [0.29, 0.717) is 6.42 Å². The molecular weight excluding hydrogens is 258 g/mol. The third kappa shape index (κ3) is 5.38. The van der Waals surface area contributed by atoms with E-state index >= 15 is 0 Å². The van der Waals surface area contributed by atoms with Crippen molar-refractivity contribution in [1.82, 2.24) is 16.0 Å². The van der Waals surface area contributed by atoms with Crippen LogP contribution in [0.15, 0.2) is 30.3 Å². The maximum atomic E-state index is 11.7. The van der Waals surface area contributed by atoms with Gasteiger partial charge in [-0.25, -0.2) is 4.79 Å². The van der Waals surface area contributed by atoms with Crippen LogP contribution in [-0.2, 0) is 11.2 Å². The van der Waals surface area contributed by atoms with E-state index in [1.54, 1.807) is 6.92 Å². The molecule has 0 saturated carbocycles. The minimum atomic E-state index is -0.576. The van der Waals surface area contributed by atoms with Crippen LogP contribution < -0.4 is 16.0 Å². The Bertz CT molecular complexity index is 437. The largest absolute Gasteiger partial charge is 0.395 e. The zero-order chi connectivity index (χ0) is 15.0. The average Bonchev–Trinajstić information content (AvgIpc) is 2.47. The van der Waals surface area contributed by atoms with Gasteiger partial charge in [0.25, 0.3) is 0 Å². The van der Waals surface area contributed by atoms with E-state index in [4.69, 9.17) is 0 Å². The quantitative estimate of drug-likeness (QED) is 0.591. The molecule has 6 nitrogen and oxygen atoms in total. The van der Waals surface area contributed by atoms with Gasteiger partial charge in [-0.3, -0.25) is 10.1 Å². The zero-order valence-corrected chi connectivity index (χ0v) is 11.7. The molecular formula is C14H21N3O3. The normalized spacial score (nSPS) is 13.3. The van der Waals surface area contributed by atoms with Crippen LogP contribution in [0.1, 0.15) is 12.5 Å². The SMILES string of the molecule is CNC(=O)NC(=O)C(C)NC(CO)Cc1ccccc1. The topological polar surface area (TPSA) is 90.5 Å². The lowest BCUT2D eigenvalue weighted by atomic mass is 10.1. The van der Waals surface area contributed by atoms with Crippen molar-refractivity contribution in [1.29, 1.82) is 0 Å². The highest BCUT2D eigenvalue weighted by atomic mass is 16.3. The number of imide groups is 1. The third-order valence-corrected chi connectivity index (χ3v) is 2.89. The van der Waals surface area contributed by atoms with E-state index in [2.05, 4.69) is 16.0 Å². The number of hydrogen-bond acceptors (Lipinski definition) is 4. The standard InChI is InChI=1S/C14H21N3O3/c1-10(13(19)17-14(20)15-2)16-12(9-18)8-11-6-4-3-5-7-11/h3-7,10,12,16,18H,8-9H2,1-2H3,(H2,15,17,19,20). The fourth-order valence-electron chi connectivity index (χ4n) is 1.79. The van der Waals surface area contributed by atoms with Crippen molar-refractivity contribution in [3.05, 3.63) is 35.9 Å². The van der Waals surface area contributed by atoms with Crippen LogP contribution in [0.2, 0.25) is 0 Å². The number of amides is 3. The van der Waals surface area contributed by atoms with Crippen LogP contribution in [-0.4, -0.2) is 42.8 Å². The summed E-state index contributed by atoms with van der Waals surface area (Å²) in [5.41, 5.74) is 1.07. The van der Waals surface area contributed by atoms with Gasteiger partial charge in [-0.05, 0) is 18.9 Å². The number of aliphatic hydroxyl groups is 1. The van der Waals surface area contributed by atoms with Crippen LogP contribution in [0, 0.1) is 0 Å². The molecule has 0 radical (unpaired) electrons. The Morgan fingerprint density at radius 3 is 2.45 bits per heavy atom. The summed E-state index contributed by atoms with van der Waals surface area (Å²) in [6.45, 7) is 1.55. The molecule has 1 aromatic carbocycles. The van der Waals surface area contributed by atoms with Crippen LogP contribution in [0.25, 0.3) is 0 Å². The third-order valence-electron chi connectivity index (χ3n) is 2.89. The average molecular weight is 279 g/mol. The molecule has 4 N–H and O–H groups in total. The zero-order valence-electron chi connectivity index (χ0n) is 11.7. The van der Waals surface area contributed by atoms with Crippen molar-refractivity contribution in [2.45, 2.75) is 25.4 Å². The van der Waals surface area contributed by atoms with Gasteiger partial charge in [-0.15, -0.1) is 0 Å². The molecule has 2 unspecified atom stereocenters. The van der Waals surface area contributed by atoms with E-state index in [1.165, 1.54) is 7.05 Å². The Labute approximate surface area is 118 Å². The van der Waals surface area contributed by atoms with Crippen LogP contribution >= 0.6 is 0 Å².